The minimum Gasteiger partial charge on any atom is -0.482 e. The highest BCUT2D eigenvalue weighted by atomic mass is 35.5. The van der Waals surface area contributed by atoms with E-state index in [0.717, 1.165) is 5.56 Å². The summed E-state index contributed by atoms with van der Waals surface area (Å²) in [6, 6.07) is 16.3. The second kappa shape index (κ2) is 11.5. The third kappa shape index (κ3) is 7.42. The number of amides is 2. The third-order valence-corrected chi connectivity index (χ3v) is 4.84. The maximum atomic E-state index is 12.9. The molecule has 2 aromatic carbocycles. The minimum absolute atomic E-state index is 0.169. The molecule has 2 rings (SSSR count). The van der Waals surface area contributed by atoms with Crippen LogP contribution < -0.4 is 10.1 Å². The van der Waals surface area contributed by atoms with Crippen LogP contribution in [0.3, 0.4) is 0 Å². The number of carbonyl (C=O) groups excluding carboxylic acids is 2. The van der Waals surface area contributed by atoms with Gasteiger partial charge in [0.2, 0.25) is 5.91 Å². The Hall–Kier alpha value is -2.53. The summed E-state index contributed by atoms with van der Waals surface area (Å²) in [7, 11) is 0. The zero-order valence-corrected chi connectivity index (χ0v) is 18.0. The van der Waals surface area contributed by atoms with E-state index in [9.17, 15) is 9.59 Å². The Balaban J connectivity index is 2.06. The first-order chi connectivity index (χ1) is 13.9. The maximum Gasteiger partial charge on any atom is 0.261 e. The largest absolute Gasteiger partial charge is 0.482 e. The minimum atomic E-state index is -0.597. The molecule has 29 heavy (non-hydrogen) atoms. The van der Waals surface area contributed by atoms with E-state index in [1.165, 1.54) is 0 Å². The standard InChI is InChI=1S/C23H29ClN2O3/c1-17(2)15-25-23(28)18(3)26(14-13-19-9-5-4-6-10-19)22(27)16-29-21-12-8-7-11-20(21)24/h4-12,17-18H,13-16H2,1-3H3,(H,25,28). The molecule has 0 saturated carbocycles. The lowest BCUT2D eigenvalue weighted by molar-refractivity contribution is -0.141. The molecule has 5 nitrogen and oxygen atoms in total. The van der Waals surface area contributed by atoms with Crippen LogP contribution in [0.5, 0.6) is 5.75 Å². The highest BCUT2D eigenvalue weighted by Crippen LogP contribution is 2.23. The van der Waals surface area contributed by atoms with Gasteiger partial charge in [0.05, 0.1) is 5.02 Å². The lowest BCUT2D eigenvalue weighted by Crippen LogP contribution is -2.50. The van der Waals surface area contributed by atoms with E-state index in [0.29, 0.717) is 36.2 Å². The molecule has 0 aliphatic carbocycles. The maximum absolute atomic E-state index is 12.9. The third-order valence-electron chi connectivity index (χ3n) is 4.52. The van der Waals surface area contributed by atoms with Crippen LogP contribution in [0.15, 0.2) is 54.6 Å². The Morgan fingerprint density at radius 1 is 1.03 bits per heavy atom. The van der Waals surface area contributed by atoms with Crippen molar-refractivity contribution in [1.29, 1.82) is 0 Å². The average Bonchev–Trinajstić information content (AvgIpc) is 2.72. The second-order valence-electron chi connectivity index (χ2n) is 7.36. The van der Waals surface area contributed by atoms with Crippen molar-refractivity contribution in [1.82, 2.24) is 10.2 Å². The predicted octanol–water partition coefficient (Wildman–Crippen LogP) is 3.95. The number of para-hydroxylation sites is 1. The van der Waals surface area contributed by atoms with Crippen molar-refractivity contribution >= 4 is 23.4 Å². The molecule has 0 radical (unpaired) electrons. The molecule has 6 heteroatoms. The summed E-state index contributed by atoms with van der Waals surface area (Å²) in [6.07, 6.45) is 0.653. The van der Waals surface area contributed by atoms with Gasteiger partial charge in [-0.1, -0.05) is 67.9 Å². The van der Waals surface area contributed by atoms with Crippen molar-refractivity contribution in [3.63, 3.8) is 0 Å². The van der Waals surface area contributed by atoms with E-state index in [-0.39, 0.29) is 18.4 Å². The summed E-state index contributed by atoms with van der Waals surface area (Å²) in [5, 5.41) is 3.35. The molecule has 0 bridgehead atoms. The van der Waals surface area contributed by atoms with Gasteiger partial charge in [-0.3, -0.25) is 9.59 Å². The van der Waals surface area contributed by atoms with Gasteiger partial charge < -0.3 is 15.0 Å². The Bertz CT molecular complexity index is 796. The molecule has 0 heterocycles. The second-order valence-corrected chi connectivity index (χ2v) is 7.76. The fourth-order valence-electron chi connectivity index (χ4n) is 2.81. The number of ether oxygens (including phenoxy) is 1. The molecule has 2 amide bonds. The van der Waals surface area contributed by atoms with Gasteiger partial charge in [0.15, 0.2) is 6.61 Å². The number of rotatable bonds is 10. The number of halogens is 1. The lowest BCUT2D eigenvalue weighted by atomic mass is 10.1. The van der Waals surface area contributed by atoms with E-state index in [4.69, 9.17) is 16.3 Å². The molecule has 156 valence electrons. The number of benzene rings is 2. The van der Waals surface area contributed by atoms with Crippen molar-refractivity contribution < 1.29 is 14.3 Å². The first-order valence-corrected chi connectivity index (χ1v) is 10.2. The Kier molecular flexibility index (Phi) is 9.00. The Morgan fingerprint density at radius 2 is 1.69 bits per heavy atom. The summed E-state index contributed by atoms with van der Waals surface area (Å²) in [5.74, 6) is 0.358. The van der Waals surface area contributed by atoms with Gasteiger partial charge in [-0.2, -0.15) is 0 Å². The molecule has 0 aliphatic heterocycles. The van der Waals surface area contributed by atoms with Crippen molar-refractivity contribution in [3.05, 3.63) is 65.2 Å². The van der Waals surface area contributed by atoms with Crippen LogP contribution in [0.2, 0.25) is 5.02 Å². The summed E-state index contributed by atoms with van der Waals surface area (Å²) in [5.41, 5.74) is 1.10. The van der Waals surface area contributed by atoms with Crippen molar-refractivity contribution in [3.8, 4) is 5.75 Å². The van der Waals surface area contributed by atoms with Gasteiger partial charge in [-0.25, -0.2) is 0 Å². The topological polar surface area (TPSA) is 58.6 Å². The number of hydrogen-bond acceptors (Lipinski definition) is 3. The van der Waals surface area contributed by atoms with Crippen molar-refractivity contribution in [2.24, 2.45) is 5.92 Å². The quantitative estimate of drug-likeness (QED) is 0.638. The summed E-state index contributed by atoms with van der Waals surface area (Å²) in [6.45, 7) is 6.61. The summed E-state index contributed by atoms with van der Waals surface area (Å²) in [4.78, 5) is 27.0. The van der Waals surface area contributed by atoms with E-state index in [1.807, 2.05) is 44.2 Å². The van der Waals surface area contributed by atoms with E-state index < -0.39 is 6.04 Å². The average molecular weight is 417 g/mol. The predicted molar refractivity (Wildman–Crippen MR) is 116 cm³/mol. The molecule has 2 aromatic rings. The molecule has 1 atom stereocenters. The first kappa shape index (κ1) is 22.8. The lowest BCUT2D eigenvalue weighted by Gasteiger charge is -2.29. The van der Waals surface area contributed by atoms with Crippen molar-refractivity contribution in [2.75, 3.05) is 19.7 Å². The SMILES string of the molecule is CC(C)CNC(=O)C(C)N(CCc1ccccc1)C(=O)COc1ccccc1Cl. The fourth-order valence-corrected chi connectivity index (χ4v) is 3.00. The van der Waals surface area contributed by atoms with Gasteiger partial charge in [0.1, 0.15) is 11.8 Å². The van der Waals surface area contributed by atoms with Crippen LogP contribution in [0.4, 0.5) is 0 Å². The zero-order chi connectivity index (χ0) is 21.2. The van der Waals surface area contributed by atoms with Crippen LogP contribution in [0.25, 0.3) is 0 Å². The molecular formula is C23H29ClN2O3. The molecule has 1 unspecified atom stereocenters. The number of carbonyl (C=O) groups is 2. The van der Waals surface area contributed by atoms with Crippen molar-refractivity contribution in [2.45, 2.75) is 33.2 Å². The molecule has 0 saturated heterocycles. The van der Waals surface area contributed by atoms with Gasteiger partial charge in [-0.05, 0) is 37.0 Å². The molecule has 1 N–H and O–H groups in total. The highest BCUT2D eigenvalue weighted by Gasteiger charge is 2.26. The van der Waals surface area contributed by atoms with Crippen LogP contribution in [-0.4, -0.2) is 42.5 Å². The van der Waals surface area contributed by atoms with Crippen LogP contribution in [-0.2, 0) is 16.0 Å². The Morgan fingerprint density at radius 3 is 2.34 bits per heavy atom. The van der Waals surface area contributed by atoms with E-state index in [1.54, 1.807) is 36.1 Å². The molecule has 0 fully saturated rings. The van der Waals surface area contributed by atoms with Gasteiger partial charge in [0.25, 0.3) is 5.91 Å². The molecule has 0 aromatic heterocycles. The number of nitrogens with one attached hydrogen (secondary N) is 1. The van der Waals surface area contributed by atoms with Crippen LogP contribution >= 0.6 is 11.6 Å². The monoisotopic (exact) mass is 416 g/mol. The zero-order valence-electron chi connectivity index (χ0n) is 17.2. The molecular weight excluding hydrogens is 388 g/mol. The Labute approximate surface area is 178 Å². The normalized spacial score (nSPS) is 11.8. The summed E-state index contributed by atoms with van der Waals surface area (Å²) >= 11 is 6.10. The van der Waals surface area contributed by atoms with Gasteiger partial charge in [0, 0.05) is 13.1 Å². The highest BCUT2D eigenvalue weighted by molar-refractivity contribution is 6.32. The van der Waals surface area contributed by atoms with Crippen LogP contribution in [0, 0.1) is 5.92 Å². The summed E-state index contributed by atoms with van der Waals surface area (Å²) < 4.78 is 5.60. The number of nitrogens with zero attached hydrogens (tertiary/aromatic N) is 1. The van der Waals surface area contributed by atoms with E-state index >= 15 is 0 Å². The number of hydrogen-bond donors (Lipinski definition) is 1. The smallest absolute Gasteiger partial charge is 0.261 e. The molecule has 0 spiro atoms. The van der Waals surface area contributed by atoms with E-state index in [2.05, 4.69) is 5.32 Å². The molecule has 0 aliphatic rings. The fraction of sp³-hybridized carbons (Fsp3) is 0.391. The first-order valence-electron chi connectivity index (χ1n) is 9.87. The van der Waals surface area contributed by atoms with Gasteiger partial charge >= 0.3 is 0 Å². The van der Waals surface area contributed by atoms with Gasteiger partial charge in [-0.15, -0.1) is 0 Å². The van der Waals surface area contributed by atoms with Crippen LogP contribution in [0.1, 0.15) is 26.3 Å².